The van der Waals surface area contributed by atoms with Crippen LogP contribution in [0.2, 0.25) is 0 Å². The molecule has 0 radical (unpaired) electrons. The molecule has 0 spiro atoms. The van der Waals surface area contributed by atoms with Crippen molar-refractivity contribution in [2.45, 2.75) is 5.41 Å². The van der Waals surface area contributed by atoms with E-state index in [1.54, 1.807) is 0 Å². The Morgan fingerprint density at radius 1 is 0.192 bits per heavy atom. The maximum absolute atomic E-state index is 7.06. The van der Waals surface area contributed by atoms with E-state index in [1.165, 1.54) is 66.0 Å². The summed E-state index contributed by atoms with van der Waals surface area (Å²) >= 11 is 0. The minimum Gasteiger partial charge on any atom is -0.456 e. The zero-order valence-electron chi connectivity index (χ0n) is 70.4. The summed E-state index contributed by atoms with van der Waals surface area (Å²) in [5.74, 6) is 0. The molecule has 0 bridgehead atoms. The lowest BCUT2D eigenvalue weighted by atomic mass is 9.67. The van der Waals surface area contributed by atoms with Crippen LogP contribution < -0.4 is 9.80 Å². The maximum Gasteiger partial charge on any atom is 0.143 e. The molecule has 1 atom stereocenters. The van der Waals surface area contributed by atoms with E-state index >= 15 is 0 Å². The summed E-state index contributed by atoms with van der Waals surface area (Å²) in [5, 5.41) is 15.7. The molecular weight excluding hydrogens is 1580 g/mol. The SMILES string of the molecule is c1ccc(C2(c3ccc(-c4ccc5c(ccc6c7cc(-c8ccccc8N(c8ccc9c(c8)oc8ccccc89)c8ccccc8-n8c9ccccc9c9ccccc98)ccc7oc56)c4)cc3)c3ccccc3-c3ccc(N(c4ccc(-c5ccccc5-n5c6ccccc6c6ccccc65)cc4)c4ccccc4-c4ccc5oc6c7ccccc7ccc6c5c4)cc32)cc1. The third kappa shape index (κ3) is 11.1. The van der Waals surface area contributed by atoms with E-state index in [0.717, 1.165) is 188 Å². The molecule has 26 aromatic rings. The molecule has 1 aliphatic carbocycles. The number of benzene rings is 21. The first kappa shape index (κ1) is 73.1. The average Bonchev–Trinajstić information content (AvgIpc) is 1.53. The third-order valence-electron chi connectivity index (χ3n) is 27.6. The van der Waals surface area contributed by atoms with E-state index in [2.05, 4.69) is 474 Å². The van der Waals surface area contributed by atoms with Crippen LogP contribution in [-0.4, -0.2) is 9.13 Å². The smallest absolute Gasteiger partial charge is 0.143 e. The van der Waals surface area contributed by atoms with Crippen molar-refractivity contribution in [3.63, 3.8) is 0 Å². The van der Waals surface area contributed by atoms with Crippen molar-refractivity contribution in [1.82, 2.24) is 9.13 Å². The number of para-hydroxylation sites is 10. The molecule has 21 aromatic carbocycles. The highest BCUT2D eigenvalue weighted by atomic mass is 16.3. The van der Waals surface area contributed by atoms with E-state index in [4.69, 9.17) is 13.3 Å². The molecule has 7 heteroatoms. The van der Waals surface area contributed by atoms with Gasteiger partial charge in [-0.2, -0.15) is 0 Å². The fourth-order valence-electron chi connectivity index (χ4n) is 21.8. The molecule has 0 aliphatic heterocycles. The van der Waals surface area contributed by atoms with Gasteiger partial charge in [-0.1, -0.05) is 309 Å². The number of nitrogens with zero attached hydrogens (tertiary/aromatic N) is 4. The minimum atomic E-state index is -0.743. The van der Waals surface area contributed by atoms with Gasteiger partial charge >= 0.3 is 0 Å². The standard InChI is InChI=1S/C123H76N4O3/c1-2-27-84(28-3-1)123(106-39-15-6-33-94(106)95-68-63-87(75-107(95)123)124(108-40-16-8-30-90(108)82-57-70-118-104(73-82)102-66-54-78-26-4-5-32-92(78)121(102)129-118)86-61-52-79(53-62-86)89-29-7-18-42-110(89)126-111-43-19-10-34-96(111)97-35-11-20-44-112(97)126)85-59-50-77(51-60-85)80-55-65-93-81(72-80)56-67-103-105-74-83(58-71-119(105)130-122(93)103)91-31-9-17-41-109(91)125(88-64-69-101-100-38-14-25-49-117(100)128-120(101)76-88)115-47-23-24-48-116(115)127-113-45-21-12-36-98(113)99-37-13-22-46-114(99)127/h1-76H. The Hall–Kier alpha value is -17.3. The van der Waals surface area contributed by atoms with Crippen molar-refractivity contribution in [2.24, 2.45) is 0 Å². The second kappa shape index (κ2) is 28.9. The summed E-state index contributed by atoms with van der Waals surface area (Å²) in [6.07, 6.45) is 0. The Labute approximate surface area is 747 Å². The highest BCUT2D eigenvalue weighted by Crippen LogP contribution is 2.59. The number of fused-ring (bicyclic) bond motifs is 22. The Morgan fingerprint density at radius 2 is 0.615 bits per heavy atom. The molecule has 606 valence electrons. The van der Waals surface area contributed by atoms with Crippen molar-refractivity contribution in [3.8, 4) is 67.0 Å². The van der Waals surface area contributed by atoms with Crippen molar-refractivity contribution in [1.29, 1.82) is 0 Å². The van der Waals surface area contributed by atoms with E-state index in [0.29, 0.717) is 0 Å². The van der Waals surface area contributed by atoms with Crippen LogP contribution in [0.1, 0.15) is 22.3 Å². The van der Waals surface area contributed by atoms with Gasteiger partial charge in [0, 0.05) is 104 Å². The molecule has 0 saturated heterocycles. The molecule has 0 saturated carbocycles. The number of hydrogen-bond acceptors (Lipinski definition) is 5. The number of hydrogen-bond donors (Lipinski definition) is 0. The third-order valence-corrected chi connectivity index (χ3v) is 27.6. The van der Waals surface area contributed by atoms with E-state index in [9.17, 15) is 0 Å². The van der Waals surface area contributed by atoms with E-state index in [1.807, 2.05) is 6.07 Å². The molecule has 1 unspecified atom stereocenters. The fraction of sp³-hybridized carbons (Fsp3) is 0.00813. The number of rotatable bonds is 14. The normalized spacial score (nSPS) is 13.3. The summed E-state index contributed by atoms with van der Waals surface area (Å²) in [6.45, 7) is 0. The predicted octanol–water partition coefficient (Wildman–Crippen LogP) is 33.9. The van der Waals surface area contributed by atoms with Gasteiger partial charge in [-0.3, -0.25) is 0 Å². The lowest BCUT2D eigenvalue weighted by Crippen LogP contribution is -2.28. The van der Waals surface area contributed by atoms with Gasteiger partial charge < -0.3 is 32.2 Å². The predicted molar refractivity (Wildman–Crippen MR) is 540 cm³/mol. The van der Waals surface area contributed by atoms with Crippen LogP contribution >= 0.6 is 0 Å². The van der Waals surface area contributed by atoms with Crippen molar-refractivity contribution in [3.05, 3.63) is 483 Å². The lowest BCUT2D eigenvalue weighted by molar-refractivity contribution is 0.669. The first-order valence-electron chi connectivity index (χ1n) is 44.6. The van der Waals surface area contributed by atoms with Crippen molar-refractivity contribution >= 4 is 165 Å². The number of anilines is 6. The summed E-state index contributed by atoms with van der Waals surface area (Å²) < 4.78 is 25.4. The molecule has 7 nitrogen and oxygen atoms in total. The number of aromatic nitrogens is 2. The zero-order valence-corrected chi connectivity index (χ0v) is 70.4. The van der Waals surface area contributed by atoms with Crippen LogP contribution in [-0.2, 0) is 5.41 Å². The highest BCUT2D eigenvalue weighted by molar-refractivity contribution is 6.19. The Balaban J connectivity index is 0.569. The molecule has 1 aliphatic rings. The van der Waals surface area contributed by atoms with Crippen LogP contribution in [0.3, 0.4) is 0 Å². The van der Waals surface area contributed by atoms with Crippen molar-refractivity contribution in [2.75, 3.05) is 9.80 Å². The van der Waals surface area contributed by atoms with E-state index in [-0.39, 0.29) is 0 Å². The van der Waals surface area contributed by atoms with Gasteiger partial charge in [0.15, 0.2) is 0 Å². The molecule has 0 fully saturated rings. The number of furan rings is 3. The average molecular weight is 1660 g/mol. The summed E-state index contributed by atoms with van der Waals surface area (Å²) in [5.41, 5.74) is 33.3. The van der Waals surface area contributed by atoms with Gasteiger partial charge in [-0.15, -0.1) is 0 Å². The summed E-state index contributed by atoms with van der Waals surface area (Å²) in [7, 11) is 0. The molecule has 5 aromatic heterocycles. The first-order chi connectivity index (χ1) is 64.5. The van der Waals surface area contributed by atoms with Crippen LogP contribution in [0.5, 0.6) is 0 Å². The van der Waals surface area contributed by atoms with Crippen LogP contribution in [0.4, 0.5) is 34.1 Å². The van der Waals surface area contributed by atoms with Crippen LogP contribution in [0.15, 0.2) is 474 Å². The second-order valence-corrected chi connectivity index (χ2v) is 34.4. The van der Waals surface area contributed by atoms with Gasteiger partial charge in [0.25, 0.3) is 0 Å². The molecule has 27 rings (SSSR count). The van der Waals surface area contributed by atoms with Crippen LogP contribution in [0, 0.1) is 0 Å². The zero-order chi connectivity index (χ0) is 85.2. The topological polar surface area (TPSA) is 55.8 Å². The molecule has 0 N–H and O–H groups in total. The van der Waals surface area contributed by atoms with Gasteiger partial charge in [-0.05, 0) is 218 Å². The lowest BCUT2D eigenvalue weighted by Gasteiger charge is -2.35. The monoisotopic (exact) mass is 1660 g/mol. The summed E-state index contributed by atoms with van der Waals surface area (Å²) in [6, 6.07) is 169. The van der Waals surface area contributed by atoms with Gasteiger partial charge in [0.1, 0.15) is 33.5 Å². The molecule has 0 amide bonds. The second-order valence-electron chi connectivity index (χ2n) is 34.4. The molecule has 5 heterocycles. The Morgan fingerprint density at radius 3 is 1.27 bits per heavy atom. The largest absolute Gasteiger partial charge is 0.456 e. The van der Waals surface area contributed by atoms with E-state index < -0.39 is 5.41 Å². The quantitative estimate of drug-likeness (QED) is 0.109. The van der Waals surface area contributed by atoms with Crippen LogP contribution in [0.25, 0.3) is 198 Å². The summed E-state index contributed by atoms with van der Waals surface area (Å²) in [4.78, 5) is 4.90. The Kier molecular flexibility index (Phi) is 16.3. The van der Waals surface area contributed by atoms with Gasteiger partial charge in [0.05, 0.1) is 55.9 Å². The molecule has 130 heavy (non-hydrogen) atoms. The molecular formula is C123H76N4O3. The van der Waals surface area contributed by atoms with Gasteiger partial charge in [-0.25, -0.2) is 0 Å². The van der Waals surface area contributed by atoms with Crippen molar-refractivity contribution < 1.29 is 13.3 Å². The Bertz CT molecular complexity index is 9050. The maximum atomic E-state index is 7.06. The van der Waals surface area contributed by atoms with Gasteiger partial charge in [0.2, 0.25) is 0 Å². The first-order valence-corrected chi connectivity index (χ1v) is 44.6. The minimum absolute atomic E-state index is 0.743. The highest BCUT2D eigenvalue weighted by Gasteiger charge is 2.47. The fourth-order valence-corrected chi connectivity index (χ4v) is 21.8.